The number of anilines is 1. The van der Waals surface area contributed by atoms with E-state index in [1.807, 2.05) is 12.1 Å². The first kappa shape index (κ1) is 13.7. The second kappa shape index (κ2) is 6.01. The molecule has 21 heavy (non-hydrogen) atoms. The summed E-state index contributed by atoms with van der Waals surface area (Å²) in [6.07, 6.45) is 1.68. The molecular formula is C15H14ClN3O2. The van der Waals surface area contributed by atoms with Crippen LogP contribution in [-0.4, -0.2) is 35.1 Å². The number of likely N-dealkylation sites (tertiary alicyclic amines) is 1. The third-order valence-electron chi connectivity index (χ3n) is 3.16. The summed E-state index contributed by atoms with van der Waals surface area (Å²) < 4.78 is 5.65. The van der Waals surface area contributed by atoms with Crippen LogP contribution in [0.25, 0.3) is 0 Å². The van der Waals surface area contributed by atoms with Gasteiger partial charge < -0.3 is 15.0 Å². The number of carbonyl (C=O) groups is 1. The Labute approximate surface area is 127 Å². The fourth-order valence-electron chi connectivity index (χ4n) is 2.00. The minimum atomic E-state index is -0.141. The molecule has 2 aromatic rings. The summed E-state index contributed by atoms with van der Waals surface area (Å²) in [7, 11) is 0. The number of hydrogen-bond donors (Lipinski definition) is 1. The first-order valence-corrected chi connectivity index (χ1v) is 6.98. The highest BCUT2D eigenvalue weighted by molar-refractivity contribution is 6.30. The number of nitrogens with zero attached hydrogens (tertiary/aromatic N) is 2. The summed E-state index contributed by atoms with van der Waals surface area (Å²) in [6.45, 7) is 1.10. The smallest absolute Gasteiger partial charge is 0.322 e. The highest BCUT2D eigenvalue weighted by atomic mass is 35.5. The topological polar surface area (TPSA) is 54.5 Å². The molecule has 1 aromatic heterocycles. The van der Waals surface area contributed by atoms with Gasteiger partial charge in [0.05, 0.1) is 13.1 Å². The summed E-state index contributed by atoms with van der Waals surface area (Å²) in [6, 6.07) is 12.4. The van der Waals surface area contributed by atoms with Gasteiger partial charge in [-0.1, -0.05) is 17.7 Å². The maximum atomic E-state index is 12.0. The quantitative estimate of drug-likeness (QED) is 0.948. The lowest BCUT2D eigenvalue weighted by molar-refractivity contribution is 0.0461. The third kappa shape index (κ3) is 3.44. The van der Waals surface area contributed by atoms with Crippen LogP contribution in [0.5, 0.6) is 5.88 Å². The molecule has 3 rings (SSSR count). The van der Waals surface area contributed by atoms with Crippen molar-refractivity contribution in [3.05, 3.63) is 53.7 Å². The van der Waals surface area contributed by atoms with E-state index in [0.717, 1.165) is 5.69 Å². The molecule has 6 heteroatoms. The molecule has 0 aliphatic carbocycles. The van der Waals surface area contributed by atoms with Crippen molar-refractivity contribution in [1.29, 1.82) is 0 Å². The average Bonchev–Trinajstić information content (AvgIpc) is 2.46. The second-order valence-electron chi connectivity index (χ2n) is 4.75. The first-order chi connectivity index (χ1) is 10.2. The SMILES string of the molecule is O=C(Nc1ccc(Cl)cc1)N1CC(Oc2ccccn2)C1. The molecule has 1 N–H and O–H groups in total. The Hall–Kier alpha value is -2.27. The van der Waals surface area contributed by atoms with E-state index in [4.69, 9.17) is 16.3 Å². The third-order valence-corrected chi connectivity index (χ3v) is 3.41. The summed E-state index contributed by atoms with van der Waals surface area (Å²) >= 11 is 5.80. The Kier molecular flexibility index (Phi) is 3.92. The molecule has 5 nitrogen and oxygen atoms in total. The highest BCUT2D eigenvalue weighted by Gasteiger charge is 2.32. The summed E-state index contributed by atoms with van der Waals surface area (Å²) in [5.74, 6) is 0.584. The predicted molar refractivity (Wildman–Crippen MR) is 80.7 cm³/mol. The Bertz CT molecular complexity index is 613. The van der Waals surface area contributed by atoms with E-state index in [-0.39, 0.29) is 12.1 Å². The molecule has 0 spiro atoms. The van der Waals surface area contributed by atoms with Crippen LogP contribution in [0.2, 0.25) is 5.02 Å². The average molecular weight is 304 g/mol. The van der Waals surface area contributed by atoms with Gasteiger partial charge in [-0.25, -0.2) is 9.78 Å². The molecular weight excluding hydrogens is 290 g/mol. The van der Waals surface area contributed by atoms with Crippen molar-refractivity contribution in [3.63, 3.8) is 0 Å². The largest absolute Gasteiger partial charge is 0.471 e. The van der Waals surface area contributed by atoms with Crippen LogP contribution in [0.3, 0.4) is 0 Å². The molecule has 1 aromatic carbocycles. The number of nitrogens with one attached hydrogen (secondary N) is 1. The number of rotatable bonds is 3. The Balaban J connectivity index is 1.47. The minimum Gasteiger partial charge on any atom is -0.471 e. The monoisotopic (exact) mass is 303 g/mol. The number of benzene rings is 1. The lowest BCUT2D eigenvalue weighted by Crippen LogP contribution is -2.57. The molecule has 1 fully saturated rings. The Morgan fingerprint density at radius 3 is 2.67 bits per heavy atom. The van der Waals surface area contributed by atoms with E-state index in [1.165, 1.54) is 0 Å². The predicted octanol–water partition coefficient (Wildman–Crippen LogP) is 3.03. The van der Waals surface area contributed by atoms with E-state index in [0.29, 0.717) is 24.0 Å². The number of carbonyl (C=O) groups excluding carboxylic acids is 1. The molecule has 2 heterocycles. The zero-order chi connectivity index (χ0) is 14.7. The van der Waals surface area contributed by atoms with Crippen LogP contribution in [0.4, 0.5) is 10.5 Å². The van der Waals surface area contributed by atoms with E-state index in [1.54, 1.807) is 41.4 Å². The highest BCUT2D eigenvalue weighted by Crippen LogP contribution is 2.18. The maximum absolute atomic E-state index is 12.0. The van der Waals surface area contributed by atoms with Gasteiger partial charge >= 0.3 is 6.03 Å². The Morgan fingerprint density at radius 2 is 2.00 bits per heavy atom. The van der Waals surface area contributed by atoms with Crippen molar-refractivity contribution in [1.82, 2.24) is 9.88 Å². The van der Waals surface area contributed by atoms with Gasteiger partial charge in [-0.05, 0) is 30.3 Å². The molecule has 108 valence electrons. The van der Waals surface area contributed by atoms with Gasteiger partial charge in [-0.15, -0.1) is 0 Å². The fraction of sp³-hybridized carbons (Fsp3) is 0.200. The van der Waals surface area contributed by atoms with E-state index in [9.17, 15) is 4.79 Å². The number of pyridine rings is 1. The normalized spacial score (nSPS) is 14.4. The molecule has 1 aliphatic heterocycles. The van der Waals surface area contributed by atoms with Gasteiger partial charge in [0.15, 0.2) is 0 Å². The number of hydrogen-bond acceptors (Lipinski definition) is 3. The number of urea groups is 1. The summed E-state index contributed by atoms with van der Waals surface area (Å²) in [5, 5.41) is 3.45. The lowest BCUT2D eigenvalue weighted by atomic mass is 10.2. The maximum Gasteiger partial charge on any atom is 0.322 e. The summed E-state index contributed by atoms with van der Waals surface area (Å²) in [5.41, 5.74) is 0.721. The van der Waals surface area contributed by atoms with Gasteiger partial charge in [0.25, 0.3) is 0 Å². The van der Waals surface area contributed by atoms with Crippen molar-refractivity contribution in [2.75, 3.05) is 18.4 Å². The molecule has 1 aliphatic rings. The number of halogens is 1. The van der Waals surface area contributed by atoms with Crippen molar-refractivity contribution in [2.45, 2.75) is 6.10 Å². The van der Waals surface area contributed by atoms with Gasteiger partial charge in [-0.3, -0.25) is 0 Å². The van der Waals surface area contributed by atoms with E-state index >= 15 is 0 Å². The standard InChI is InChI=1S/C15H14ClN3O2/c16-11-4-6-12(7-5-11)18-15(20)19-9-13(10-19)21-14-3-1-2-8-17-14/h1-8,13H,9-10H2,(H,18,20). The lowest BCUT2D eigenvalue weighted by Gasteiger charge is -2.38. The first-order valence-electron chi connectivity index (χ1n) is 6.60. The van der Waals surface area contributed by atoms with Gasteiger partial charge in [0.1, 0.15) is 6.10 Å². The van der Waals surface area contributed by atoms with Crippen LogP contribution < -0.4 is 10.1 Å². The molecule has 1 saturated heterocycles. The van der Waals surface area contributed by atoms with Gasteiger partial charge in [0, 0.05) is 23.0 Å². The zero-order valence-corrected chi connectivity index (χ0v) is 12.0. The van der Waals surface area contributed by atoms with Crippen molar-refractivity contribution in [2.24, 2.45) is 0 Å². The van der Waals surface area contributed by atoms with Crippen molar-refractivity contribution < 1.29 is 9.53 Å². The van der Waals surface area contributed by atoms with Crippen LogP contribution in [-0.2, 0) is 0 Å². The molecule has 0 radical (unpaired) electrons. The second-order valence-corrected chi connectivity index (χ2v) is 5.19. The molecule has 2 amide bonds. The van der Waals surface area contributed by atoms with Crippen LogP contribution in [0.1, 0.15) is 0 Å². The molecule has 0 atom stereocenters. The number of amides is 2. The van der Waals surface area contributed by atoms with Crippen molar-refractivity contribution >= 4 is 23.3 Å². The van der Waals surface area contributed by atoms with Crippen LogP contribution in [0, 0.1) is 0 Å². The van der Waals surface area contributed by atoms with E-state index < -0.39 is 0 Å². The van der Waals surface area contributed by atoms with Crippen LogP contribution in [0.15, 0.2) is 48.7 Å². The van der Waals surface area contributed by atoms with Crippen molar-refractivity contribution in [3.8, 4) is 5.88 Å². The Morgan fingerprint density at radius 1 is 1.24 bits per heavy atom. The fourth-order valence-corrected chi connectivity index (χ4v) is 2.13. The molecule has 0 saturated carbocycles. The van der Waals surface area contributed by atoms with E-state index in [2.05, 4.69) is 10.3 Å². The minimum absolute atomic E-state index is 0.00383. The zero-order valence-electron chi connectivity index (χ0n) is 11.2. The summed E-state index contributed by atoms with van der Waals surface area (Å²) in [4.78, 5) is 17.8. The number of aromatic nitrogens is 1. The molecule has 0 bridgehead atoms. The van der Waals surface area contributed by atoms with Crippen LogP contribution >= 0.6 is 11.6 Å². The number of ether oxygens (including phenoxy) is 1. The molecule has 0 unspecified atom stereocenters. The van der Waals surface area contributed by atoms with Gasteiger partial charge in [-0.2, -0.15) is 0 Å². The van der Waals surface area contributed by atoms with Gasteiger partial charge in [0.2, 0.25) is 5.88 Å².